The molecule has 0 amide bonds. The number of ether oxygens (including phenoxy) is 4. The fourth-order valence-corrected chi connectivity index (χ4v) is 4.11. The molecule has 6 nitrogen and oxygen atoms in total. The SMILES string of the molecule is CCO[C@@H]1[C@@H](OCC)COC(O)(S(=O)c2ccccc2)[C@H]1OCC. The Balaban J connectivity index is 2.34. The molecule has 1 fully saturated rings. The largest absolute Gasteiger partial charge is 0.373 e. The van der Waals surface area contributed by atoms with Gasteiger partial charge in [0.1, 0.15) is 23.0 Å². The van der Waals surface area contributed by atoms with Crippen molar-refractivity contribution >= 4 is 10.8 Å². The van der Waals surface area contributed by atoms with E-state index in [0.29, 0.717) is 24.7 Å². The van der Waals surface area contributed by atoms with Crippen molar-refractivity contribution in [2.75, 3.05) is 26.4 Å². The van der Waals surface area contributed by atoms with E-state index < -0.39 is 28.1 Å². The highest BCUT2D eigenvalue weighted by Crippen LogP contribution is 2.35. The molecule has 1 aliphatic heterocycles. The van der Waals surface area contributed by atoms with Gasteiger partial charge in [0.2, 0.25) is 0 Å². The molecule has 5 atom stereocenters. The predicted molar refractivity (Wildman–Crippen MR) is 90.0 cm³/mol. The Hall–Kier alpha value is -0.830. The molecule has 2 rings (SSSR count). The second-order valence-electron chi connectivity index (χ2n) is 5.31. The highest BCUT2D eigenvalue weighted by Gasteiger charge is 2.56. The van der Waals surface area contributed by atoms with Gasteiger partial charge in [-0.05, 0) is 32.9 Å². The van der Waals surface area contributed by atoms with Gasteiger partial charge in [-0.2, -0.15) is 0 Å². The maximum absolute atomic E-state index is 13.0. The standard InChI is InChI=1S/C17H26O6S/c1-4-20-14-12-23-17(18,16(22-6-3)15(14)21-5-2)24(19)13-10-8-7-9-11-13/h7-11,14-16,18H,4-6,12H2,1-3H3/t14-,15+,16-,17?,24?/m0/s1. The number of benzene rings is 1. The molecule has 1 aromatic rings. The Morgan fingerprint density at radius 2 is 1.75 bits per heavy atom. The average molecular weight is 358 g/mol. The van der Waals surface area contributed by atoms with Gasteiger partial charge < -0.3 is 24.1 Å². The molecular formula is C17H26O6S. The van der Waals surface area contributed by atoms with Gasteiger partial charge in [0.05, 0.1) is 6.61 Å². The highest BCUT2D eigenvalue weighted by molar-refractivity contribution is 7.86. The van der Waals surface area contributed by atoms with Crippen LogP contribution in [0.3, 0.4) is 0 Å². The minimum Gasteiger partial charge on any atom is -0.373 e. The van der Waals surface area contributed by atoms with E-state index in [2.05, 4.69) is 0 Å². The van der Waals surface area contributed by atoms with Crippen LogP contribution in [0.5, 0.6) is 0 Å². The summed E-state index contributed by atoms with van der Waals surface area (Å²) in [5.41, 5.74) is 0. The van der Waals surface area contributed by atoms with Gasteiger partial charge in [-0.25, -0.2) is 4.21 Å². The lowest BCUT2D eigenvalue weighted by atomic mass is 10.0. The Morgan fingerprint density at radius 3 is 2.33 bits per heavy atom. The van der Waals surface area contributed by atoms with E-state index in [0.717, 1.165) is 0 Å². The lowest BCUT2D eigenvalue weighted by Crippen LogP contribution is -2.64. The van der Waals surface area contributed by atoms with Crippen LogP contribution in [0.4, 0.5) is 0 Å². The topological polar surface area (TPSA) is 74.2 Å². The van der Waals surface area contributed by atoms with Crippen molar-refractivity contribution in [2.24, 2.45) is 0 Å². The molecule has 2 unspecified atom stereocenters. The molecule has 0 saturated carbocycles. The van der Waals surface area contributed by atoms with Crippen LogP contribution in [-0.4, -0.2) is 59.2 Å². The van der Waals surface area contributed by atoms with E-state index in [1.807, 2.05) is 19.9 Å². The molecule has 1 N–H and O–H groups in total. The second kappa shape index (κ2) is 9.03. The van der Waals surface area contributed by atoms with Crippen LogP contribution in [0.15, 0.2) is 35.2 Å². The molecule has 0 aliphatic carbocycles. The molecule has 1 aromatic carbocycles. The van der Waals surface area contributed by atoms with Crippen molar-refractivity contribution in [1.29, 1.82) is 0 Å². The van der Waals surface area contributed by atoms with E-state index in [9.17, 15) is 9.32 Å². The third kappa shape index (κ3) is 4.04. The third-order valence-electron chi connectivity index (χ3n) is 3.79. The van der Waals surface area contributed by atoms with Crippen LogP contribution in [0.1, 0.15) is 20.8 Å². The average Bonchev–Trinajstić information content (AvgIpc) is 2.61. The quantitative estimate of drug-likeness (QED) is 0.762. The minimum atomic E-state index is -2.00. The summed E-state index contributed by atoms with van der Waals surface area (Å²) in [7, 11) is -1.84. The highest BCUT2D eigenvalue weighted by atomic mass is 32.2. The Bertz CT molecular complexity index is 525. The molecule has 0 aromatic heterocycles. The molecule has 24 heavy (non-hydrogen) atoms. The summed E-state index contributed by atoms with van der Waals surface area (Å²) in [4.78, 5) is 0.467. The first-order chi connectivity index (χ1) is 11.6. The van der Waals surface area contributed by atoms with Gasteiger partial charge in [-0.1, -0.05) is 18.2 Å². The molecule has 1 aliphatic rings. The fraction of sp³-hybridized carbons (Fsp3) is 0.647. The van der Waals surface area contributed by atoms with Gasteiger partial charge in [0.25, 0.3) is 5.12 Å². The van der Waals surface area contributed by atoms with E-state index in [4.69, 9.17) is 18.9 Å². The molecule has 0 bridgehead atoms. The summed E-state index contributed by atoms with van der Waals surface area (Å²) in [5, 5.41) is 9.09. The van der Waals surface area contributed by atoms with Gasteiger partial charge in [-0.15, -0.1) is 0 Å². The van der Waals surface area contributed by atoms with Crippen LogP contribution in [0.2, 0.25) is 0 Å². The lowest BCUT2D eigenvalue weighted by molar-refractivity contribution is -0.298. The normalized spacial score (nSPS) is 31.8. The molecule has 1 heterocycles. The van der Waals surface area contributed by atoms with Crippen LogP contribution in [-0.2, 0) is 29.7 Å². The van der Waals surface area contributed by atoms with Crippen LogP contribution < -0.4 is 0 Å². The third-order valence-corrected chi connectivity index (χ3v) is 5.37. The molecule has 0 radical (unpaired) electrons. The van der Waals surface area contributed by atoms with E-state index in [1.165, 1.54) is 0 Å². The van der Waals surface area contributed by atoms with Gasteiger partial charge in [0, 0.05) is 24.7 Å². The second-order valence-corrected chi connectivity index (χ2v) is 6.91. The number of hydrogen-bond acceptors (Lipinski definition) is 6. The predicted octanol–water partition coefficient (Wildman–Crippen LogP) is 1.69. The Labute approximate surface area is 145 Å². The van der Waals surface area contributed by atoms with Crippen LogP contribution in [0.25, 0.3) is 0 Å². The summed E-state index contributed by atoms with van der Waals surface area (Å²) in [6, 6.07) is 8.71. The summed E-state index contributed by atoms with van der Waals surface area (Å²) in [5.74, 6) is 0. The monoisotopic (exact) mass is 358 g/mol. The molecule has 0 spiro atoms. The number of aliphatic hydroxyl groups is 1. The zero-order valence-electron chi connectivity index (χ0n) is 14.3. The van der Waals surface area contributed by atoms with E-state index in [-0.39, 0.29) is 12.7 Å². The van der Waals surface area contributed by atoms with Crippen molar-refractivity contribution in [3.63, 3.8) is 0 Å². The van der Waals surface area contributed by atoms with Gasteiger partial charge in [0.15, 0.2) is 6.10 Å². The van der Waals surface area contributed by atoms with Crippen LogP contribution in [0, 0.1) is 0 Å². The fourth-order valence-electron chi connectivity index (χ4n) is 2.78. The number of hydrogen-bond donors (Lipinski definition) is 1. The van der Waals surface area contributed by atoms with Crippen molar-refractivity contribution in [3.05, 3.63) is 30.3 Å². The first kappa shape index (κ1) is 19.5. The Kier molecular flexibility index (Phi) is 7.34. The van der Waals surface area contributed by atoms with Crippen molar-refractivity contribution < 1.29 is 28.3 Å². The summed E-state index contributed by atoms with van der Waals surface area (Å²) in [6.45, 7) is 6.85. The zero-order chi connectivity index (χ0) is 17.6. The van der Waals surface area contributed by atoms with E-state index >= 15 is 0 Å². The smallest absolute Gasteiger partial charge is 0.279 e. The van der Waals surface area contributed by atoms with Crippen LogP contribution >= 0.6 is 0 Å². The maximum Gasteiger partial charge on any atom is 0.279 e. The molecule has 7 heteroatoms. The van der Waals surface area contributed by atoms with Gasteiger partial charge >= 0.3 is 0 Å². The van der Waals surface area contributed by atoms with Crippen molar-refractivity contribution in [1.82, 2.24) is 0 Å². The lowest BCUT2D eigenvalue weighted by Gasteiger charge is -2.45. The van der Waals surface area contributed by atoms with Gasteiger partial charge in [-0.3, -0.25) is 0 Å². The molecule has 1 saturated heterocycles. The first-order valence-corrected chi connectivity index (χ1v) is 9.41. The first-order valence-electron chi connectivity index (χ1n) is 8.26. The summed E-state index contributed by atoms with van der Waals surface area (Å²) in [6.07, 6.45) is -1.88. The zero-order valence-corrected chi connectivity index (χ0v) is 15.2. The van der Waals surface area contributed by atoms with Crippen molar-refractivity contribution in [2.45, 2.75) is 49.1 Å². The summed E-state index contributed by atoms with van der Waals surface area (Å²) >= 11 is 0. The molecule has 136 valence electrons. The summed E-state index contributed by atoms with van der Waals surface area (Å²) < 4.78 is 35.7. The van der Waals surface area contributed by atoms with Crippen molar-refractivity contribution in [3.8, 4) is 0 Å². The Morgan fingerprint density at radius 1 is 1.12 bits per heavy atom. The minimum absolute atomic E-state index is 0.0805. The van der Waals surface area contributed by atoms with E-state index in [1.54, 1.807) is 31.2 Å². The number of rotatable bonds is 8. The molecular weight excluding hydrogens is 332 g/mol. The maximum atomic E-state index is 13.0.